The first-order chi connectivity index (χ1) is 11.9. The second-order valence-electron chi connectivity index (χ2n) is 6.36. The van der Waals surface area contributed by atoms with Gasteiger partial charge in [0.25, 0.3) is 0 Å². The van der Waals surface area contributed by atoms with Crippen molar-refractivity contribution in [2.24, 2.45) is 0 Å². The summed E-state index contributed by atoms with van der Waals surface area (Å²) in [5.74, 6) is -0.216. The van der Waals surface area contributed by atoms with Gasteiger partial charge >= 0.3 is 0 Å². The van der Waals surface area contributed by atoms with Crippen LogP contribution in [0, 0.1) is 13.8 Å². The van der Waals surface area contributed by atoms with Crippen molar-refractivity contribution in [3.05, 3.63) is 57.3 Å². The second kappa shape index (κ2) is 8.92. The highest BCUT2D eigenvalue weighted by atomic mass is 32.1. The minimum atomic E-state index is -0.663. The number of aryl methyl sites for hydroxylation is 2. The van der Waals surface area contributed by atoms with Crippen molar-refractivity contribution in [1.82, 2.24) is 5.32 Å². The van der Waals surface area contributed by atoms with Crippen LogP contribution in [-0.2, 0) is 11.2 Å². The average molecular weight is 359 g/mol. The number of amides is 1. The summed E-state index contributed by atoms with van der Waals surface area (Å²) in [6.07, 6.45) is 0.137. The third kappa shape index (κ3) is 5.80. The molecule has 4 nitrogen and oxygen atoms in total. The van der Waals surface area contributed by atoms with E-state index in [0.717, 1.165) is 15.3 Å². The van der Waals surface area contributed by atoms with Crippen molar-refractivity contribution in [1.29, 1.82) is 0 Å². The first kappa shape index (κ1) is 19.3. The quantitative estimate of drug-likeness (QED) is 0.710. The summed E-state index contributed by atoms with van der Waals surface area (Å²) >= 11 is 1.59. The van der Waals surface area contributed by atoms with Crippen molar-refractivity contribution in [2.45, 2.75) is 52.2 Å². The predicted molar refractivity (Wildman–Crippen MR) is 101 cm³/mol. The Hall–Kier alpha value is -1.98. The standard InChI is InChI=1S/C20H25NO3S/c1-13-11-17(15(3)25-13)18(22)9-10-20(24)21-14(2)19(23)12-16-7-5-4-6-8-16/h4-8,11,14,19,23H,9-10,12H2,1-3H3,(H,21,24)/t14-,19+/m1/s1. The molecular formula is C20H25NO3S. The molecular weight excluding hydrogens is 334 g/mol. The van der Waals surface area contributed by atoms with Crippen LogP contribution in [0.5, 0.6) is 0 Å². The van der Waals surface area contributed by atoms with E-state index < -0.39 is 6.10 Å². The molecule has 1 aromatic carbocycles. The van der Waals surface area contributed by atoms with Gasteiger partial charge in [-0.25, -0.2) is 0 Å². The zero-order chi connectivity index (χ0) is 18.4. The van der Waals surface area contributed by atoms with Gasteiger partial charge in [0.2, 0.25) is 5.91 Å². The maximum atomic E-state index is 12.2. The fraction of sp³-hybridized carbons (Fsp3) is 0.400. The monoisotopic (exact) mass is 359 g/mol. The van der Waals surface area contributed by atoms with Crippen molar-refractivity contribution < 1.29 is 14.7 Å². The minimum absolute atomic E-state index is 0.00510. The molecule has 2 atom stereocenters. The van der Waals surface area contributed by atoms with Crippen LogP contribution in [0.4, 0.5) is 0 Å². The van der Waals surface area contributed by atoms with Gasteiger partial charge < -0.3 is 10.4 Å². The van der Waals surface area contributed by atoms with Crippen LogP contribution in [0.1, 0.15) is 45.4 Å². The van der Waals surface area contributed by atoms with Gasteiger partial charge in [0.05, 0.1) is 12.1 Å². The third-order valence-corrected chi connectivity index (χ3v) is 5.14. The summed E-state index contributed by atoms with van der Waals surface area (Å²) in [6.45, 7) is 5.67. The predicted octanol–water partition coefficient (Wildman–Crippen LogP) is 3.44. The largest absolute Gasteiger partial charge is 0.391 e. The second-order valence-corrected chi connectivity index (χ2v) is 7.82. The van der Waals surface area contributed by atoms with Gasteiger partial charge in [0.1, 0.15) is 0 Å². The molecule has 2 rings (SSSR count). The lowest BCUT2D eigenvalue weighted by molar-refractivity contribution is -0.122. The smallest absolute Gasteiger partial charge is 0.220 e. The highest BCUT2D eigenvalue weighted by Gasteiger charge is 2.18. The first-order valence-electron chi connectivity index (χ1n) is 8.48. The third-order valence-electron chi connectivity index (χ3n) is 4.17. The Morgan fingerprint density at radius 1 is 1.16 bits per heavy atom. The van der Waals surface area contributed by atoms with Crippen molar-refractivity contribution >= 4 is 23.0 Å². The Kier molecular flexibility index (Phi) is 6.91. The Labute approximate surface area is 152 Å². The maximum absolute atomic E-state index is 12.2. The summed E-state index contributed by atoms with van der Waals surface area (Å²) in [6, 6.07) is 11.2. The molecule has 2 N–H and O–H groups in total. The van der Waals surface area contributed by atoms with E-state index in [1.807, 2.05) is 50.2 Å². The van der Waals surface area contributed by atoms with E-state index in [1.165, 1.54) is 0 Å². The number of nitrogens with one attached hydrogen (secondary N) is 1. The molecule has 1 aromatic heterocycles. The van der Waals surface area contributed by atoms with E-state index in [4.69, 9.17) is 0 Å². The molecule has 0 aliphatic rings. The molecule has 0 bridgehead atoms. The molecule has 0 fully saturated rings. The zero-order valence-corrected chi connectivity index (χ0v) is 15.7. The van der Waals surface area contributed by atoms with E-state index in [2.05, 4.69) is 5.32 Å². The summed E-state index contributed by atoms with van der Waals surface area (Å²) in [7, 11) is 0. The highest BCUT2D eigenvalue weighted by molar-refractivity contribution is 7.12. The van der Waals surface area contributed by atoms with Crippen LogP contribution in [-0.4, -0.2) is 28.9 Å². The first-order valence-corrected chi connectivity index (χ1v) is 9.30. The van der Waals surface area contributed by atoms with E-state index >= 15 is 0 Å². The van der Waals surface area contributed by atoms with Crippen molar-refractivity contribution in [3.8, 4) is 0 Å². The lowest BCUT2D eigenvalue weighted by Gasteiger charge is -2.20. The number of Topliss-reactive ketones (excluding diaryl/α,β-unsaturated/α-hetero) is 1. The molecule has 0 aliphatic carbocycles. The Morgan fingerprint density at radius 3 is 2.44 bits per heavy atom. The molecule has 5 heteroatoms. The molecule has 0 saturated heterocycles. The van der Waals surface area contributed by atoms with Crippen LogP contribution < -0.4 is 5.32 Å². The van der Waals surface area contributed by atoms with Crippen LogP contribution in [0.2, 0.25) is 0 Å². The number of ketones is 1. The van der Waals surface area contributed by atoms with Gasteiger partial charge in [-0.3, -0.25) is 9.59 Å². The Morgan fingerprint density at radius 2 is 1.84 bits per heavy atom. The lowest BCUT2D eigenvalue weighted by atomic mass is 10.0. The molecule has 2 aromatic rings. The van der Waals surface area contributed by atoms with Crippen LogP contribution in [0.15, 0.2) is 36.4 Å². The van der Waals surface area contributed by atoms with Crippen LogP contribution in [0.25, 0.3) is 0 Å². The number of carbonyl (C=O) groups excluding carboxylic acids is 2. The Bertz CT molecular complexity index is 724. The number of aliphatic hydroxyl groups is 1. The summed E-state index contributed by atoms with van der Waals surface area (Å²) in [5, 5.41) is 13.0. The number of carbonyl (C=O) groups is 2. The molecule has 0 unspecified atom stereocenters. The summed E-state index contributed by atoms with van der Waals surface area (Å²) in [4.78, 5) is 26.4. The Balaban J connectivity index is 1.79. The number of benzene rings is 1. The summed E-state index contributed by atoms with van der Waals surface area (Å²) in [5.41, 5.74) is 1.74. The van der Waals surface area contributed by atoms with E-state index in [9.17, 15) is 14.7 Å². The molecule has 134 valence electrons. The van der Waals surface area contributed by atoms with Gasteiger partial charge in [0, 0.05) is 34.6 Å². The normalized spacial score (nSPS) is 13.3. The van der Waals surface area contributed by atoms with Crippen molar-refractivity contribution in [2.75, 3.05) is 0 Å². The molecule has 0 spiro atoms. The van der Waals surface area contributed by atoms with Gasteiger partial charge in [-0.05, 0) is 32.4 Å². The molecule has 0 saturated carbocycles. The number of thiophene rings is 1. The minimum Gasteiger partial charge on any atom is -0.391 e. The van der Waals surface area contributed by atoms with Crippen LogP contribution >= 0.6 is 11.3 Å². The van der Waals surface area contributed by atoms with Gasteiger partial charge in [-0.1, -0.05) is 30.3 Å². The summed E-state index contributed by atoms with van der Waals surface area (Å²) < 4.78 is 0. The molecule has 0 radical (unpaired) electrons. The number of hydrogen-bond acceptors (Lipinski definition) is 4. The number of hydrogen-bond donors (Lipinski definition) is 2. The van der Waals surface area contributed by atoms with Gasteiger partial charge in [-0.15, -0.1) is 11.3 Å². The zero-order valence-electron chi connectivity index (χ0n) is 14.9. The number of aliphatic hydroxyl groups excluding tert-OH is 1. The number of rotatable bonds is 8. The van der Waals surface area contributed by atoms with Gasteiger partial charge in [0.15, 0.2) is 5.78 Å². The average Bonchev–Trinajstić information content (AvgIpc) is 2.92. The molecule has 0 aliphatic heterocycles. The SMILES string of the molecule is Cc1cc(C(=O)CCC(=O)N[C@H](C)[C@@H](O)Cc2ccccc2)c(C)s1. The molecule has 25 heavy (non-hydrogen) atoms. The van der Waals surface area contributed by atoms with E-state index in [1.54, 1.807) is 18.3 Å². The van der Waals surface area contributed by atoms with Crippen LogP contribution in [0.3, 0.4) is 0 Å². The molecule has 1 heterocycles. The van der Waals surface area contributed by atoms with Crippen molar-refractivity contribution in [3.63, 3.8) is 0 Å². The van der Waals surface area contributed by atoms with Gasteiger partial charge in [-0.2, -0.15) is 0 Å². The topological polar surface area (TPSA) is 66.4 Å². The van der Waals surface area contributed by atoms with E-state index in [-0.39, 0.29) is 30.6 Å². The highest BCUT2D eigenvalue weighted by Crippen LogP contribution is 2.22. The fourth-order valence-electron chi connectivity index (χ4n) is 2.72. The van der Waals surface area contributed by atoms with E-state index in [0.29, 0.717) is 12.0 Å². The molecule has 1 amide bonds. The lowest BCUT2D eigenvalue weighted by Crippen LogP contribution is -2.42. The maximum Gasteiger partial charge on any atom is 0.220 e. The fourth-order valence-corrected chi connectivity index (χ4v) is 3.67.